The lowest BCUT2D eigenvalue weighted by Crippen LogP contribution is -2.60. The van der Waals surface area contributed by atoms with Crippen molar-refractivity contribution < 1.29 is 9.22 Å². The highest BCUT2D eigenvalue weighted by molar-refractivity contribution is 5.73. The van der Waals surface area contributed by atoms with E-state index in [1.54, 1.807) is 0 Å². The third kappa shape index (κ3) is 2.87. The average Bonchev–Trinajstić information content (AvgIpc) is 2.80. The molecule has 4 nitrogen and oxygen atoms in total. The van der Waals surface area contributed by atoms with Crippen LogP contribution in [0.1, 0.15) is 31.4 Å². The van der Waals surface area contributed by atoms with Crippen LogP contribution in [-0.2, 0) is 5.41 Å². The number of benzene rings is 2. The van der Waals surface area contributed by atoms with Crippen molar-refractivity contribution in [2.75, 3.05) is 44.9 Å². The lowest BCUT2D eigenvalue weighted by atomic mass is 9.76. The zero-order valence-corrected chi connectivity index (χ0v) is 17.7. The van der Waals surface area contributed by atoms with Crippen LogP contribution < -0.4 is 15.4 Å². The van der Waals surface area contributed by atoms with E-state index in [-0.39, 0.29) is 5.41 Å². The first-order valence-electron chi connectivity index (χ1n) is 10.1. The summed E-state index contributed by atoms with van der Waals surface area (Å²) in [7, 11) is 6.74. The molecule has 1 atom stereocenters. The molecule has 0 amide bonds. The van der Waals surface area contributed by atoms with Crippen molar-refractivity contribution in [1.29, 1.82) is 0 Å². The molecule has 1 spiro atoms. The molecular formula is C24H32N3O+. The molecule has 1 unspecified atom stereocenters. The largest absolute Gasteiger partial charge is 0.463 e. The van der Waals surface area contributed by atoms with Gasteiger partial charge in [-0.25, -0.2) is 0 Å². The van der Waals surface area contributed by atoms with Gasteiger partial charge in [-0.2, -0.15) is 0 Å². The first-order valence-corrected chi connectivity index (χ1v) is 10.1. The Morgan fingerprint density at radius 2 is 1.82 bits per heavy atom. The van der Waals surface area contributed by atoms with E-state index in [1.165, 1.54) is 11.3 Å². The number of quaternary nitrogens is 1. The van der Waals surface area contributed by atoms with Crippen molar-refractivity contribution in [1.82, 2.24) is 0 Å². The molecule has 0 fully saturated rings. The van der Waals surface area contributed by atoms with Crippen molar-refractivity contribution in [2.24, 2.45) is 0 Å². The summed E-state index contributed by atoms with van der Waals surface area (Å²) in [5, 5.41) is 0. The van der Waals surface area contributed by atoms with Crippen molar-refractivity contribution in [2.45, 2.75) is 31.4 Å². The van der Waals surface area contributed by atoms with Gasteiger partial charge in [-0.15, -0.1) is 0 Å². The highest BCUT2D eigenvalue weighted by Crippen LogP contribution is 2.54. The third-order valence-electron chi connectivity index (χ3n) is 6.16. The van der Waals surface area contributed by atoms with E-state index in [0.29, 0.717) is 0 Å². The van der Waals surface area contributed by atoms with Crippen LogP contribution in [0.5, 0.6) is 5.75 Å². The highest BCUT2D eigenvalue weighted by atomic mass is 16.5. The van der Waals surface area contributed by atoms with Crippen molar-refractivity contribution in [3.63, 3.8) is 0 Å². The van der Waals surface area contributed by atoms with Gasteiger partial charge in [-0.1, -0.05) is 18.2 Å². The Morgan fingerprint density at radius 1 is 1.07 bits per heavy atom. The fraction of sp³-hybridized carbons (Fsp3) is 0.417. The van der Waals surface area contributed by atoms with Gasteiger partial charge in [-0.3, -0.25) is 0 Å². The maximum absolute atomic E-state index is 6.81. The number of anilines is 2. The monoisotopic (exact) mass is 378 g/mol. The first kappa shape index (κ1) is 18.9. The summed E-state index contributed by atoms with van der Waals surface area (Å²) in [5.41, 5.74) is 9.68. The molecule has 2 aromatic carbocycles. The lowest BCUT2D eigenvalue weighted by Gasteiger charge is -2.47. The number of nitrogens with zero attached hydrogens (tertiary/aromatic N) is 2. The van der Waals surface area contributed by atoms with Gasteiger partial charge < -0.3 is 19.9 Å². The van der Waals surface area contributed by atoms with Crippen molar-refractivity contribution in [3.05, 3.63) is 59.7 Å². The zero-order chi connectivity index (χ0) is 20.2. The number of para-hydroxylation sites is 1. The smallest absolute Gasteiger partial charge is 0.212 e. The van der Waals surface area contributed by atoms with Crippen molar-refractivity contribution >= 4 is 17.5 Å². The number of rotatable bonds is 4. The molecule has 0 aromatic heterocycles. The van der Waals surface area contributed by atoms with E-state index >= 15 is 0 Å². The Balaban J connectivity index is 1.77. The van der Waals surface area contributed by atoms with E-state index < -0.39 is 5.72 Å². The Hall–Kier alpha value is -2.46. The van der Waals surface area contributed by atoms with Gasteiger partial charge in [0.1, 0.15) is 5.75 Å². The van der Waals surface area contributed by atoms with Crippen LogP contribution in [0, 0.1) is 0 Å². The summed E-state index contributed by atoms with van der Waals surface area (Å²) >= 11 is 0. The van der Waals surface area contributed by atoms with Gasteiger partial charge >= 0.3 is 0 Å². The number of nitrogen functional groups attached to an aromatic ring is 1. The van der Waals surface area contributed by atoms with Crippen LogP contribution in [0.25, 0.3) is 6.08 Å². The van der Waals surface area contributed by atoms with Gasteiger partial charge in [0.2, 0.25) is 5.72 Å². The maximum Gasteiger partial charge on any atom is 0.212 e. The average molecular weight is 379 g/mol. The standard InChI is InChI=1S/C24H32N3O/c1-23(2)20-9-6-7-10-21(20)26(15-8-16-27(3,4)5)24(23)14-13-18-17-19(25)11-12-22(18)28-24/h6-7,9-14,17H,8,15-16,25H2,1-5H3/q+1. The normalized spacial score (nSPS) is 22.1. The number of nitrogens with two attached hydrogens (primary N) is 1. The SMILES string of the molecule is CC1(C)c2ccccc2N(CCC[N+](C)(C)C)C12C=Cc1cc(N)ccc1O2. The van der Waals surface area contributed by atoms with Gasteiger partial charge in [-0.05, 0) is 55.8 Å². The minimum absolute atomic E-state index is 0.185. The van der Waals surface area contributed by atoms with Crippen LogP contribution in [0.3, 0.4) is 0 Å². The fourth-order valence-corrected chi connectivity index (χ4v) is 4.61. The Kier molecular flexibility index (Phi) is 4.23. The van der Waals surface area contributed by atoms with E-state index in [1.807, 2.05) is 18.2 Å². The Labute approximate surface area is 168 Å². The molecule has 0 aliphatic carbocycles. The third-order valence-corrected chi connectivity index (χ3v) is 6.16. The molecule has 0 saturated carbocycles. The van der Waals surface area contributed by atoms with E-state index in [2.05, 4.69) is 76.3 Å². The first-order chi connectivity index (χ1) is 13.1. The van der Waals surface area contributed by atoms with E-state index in [0.717, 1.165) is 41.0 Å². The second-order valence-corrected chi connectivity index (χ2v) is 9.59. The summed E-state index contributed by atoms with van der Waals surface area (Å²) in [6, 6.07) is 14.6. The quantitative estimate of drug-likeness (QED) is 0.638. The summed E-state index contributed by atoms with van der Waals surface area (Å²) in [4.78, 5) is 2.47. The van der Waals surface area contributed by atoms with Gasteiger partial charge in [0.05, 0.1) is 33.1 Å². The molecule has 2 heterocycles. The number of hydrogen-bond acceptors (Lipinski definition) is 3. The molecule has 4 heteroatoms. The van der Waals surface area contributed by atoms with Crippen molar-refractivity contribution in [3.8, 4) is 5.75 Å². The minimum atomic E-state index is -0.537. The second kappa shape index (κ2) is 6.28. The Bertz CT molecular complexity index is 926. The summed E-state index contributed by atoms with van der Waals surface area (Å²) in [5.74, 6) is 0.897. The highest BCUT2D eigenvalue weighted by Gasteiger charge is 2.58. The lowest BCUT2D eigenvalue weighted by molar-refractivity contribution is -0.870. The molecule has 0 bridgehead atoms. The summed E-state index contributed by atoms with van der Waals surface area (Å²) in [6.45, 7) is 6.65. The molecule has 2 aliphatic heterocycles. The number of hydrogen-bond donors (Lipinski definition) is 1. The van der Waals surface area contributed by atoms with Crippen LogP contribution in [0.15, 0.2) is 48.5 Å². The summed E-state index contributed by atoms with van der Waals surface area (Å²) in [6.07, 6.45) is 5.51. The predicted octanol–water partition coefficient (Wildman–Crippen LogP) is 4.26. The molecule has 4 rings (SSSR count). The number of ether oxygens (including phenoxy) is 1. The molecule has 0 radical (unpaired) electrons. The van der Waals surface area contributed by atoms with E-state index in [9.17, 15) is 0 Å². The van der Waals surface area contributed by atoms with Crippen LogP contribution in [0.4, 0.5) is 11.4 Å². The molecule has 2 N–H and O–H groups in total. The number of fused-ring (bicyclic) bond motifs is 2. The molecule has 28 heavy (non-hydrogen) atoms. The van der Waals surface area contributed by atoms with Crippen LogP contribution in [-0.4, -0.2) is 44.4 Å². The molecular weight excluding hydrogens is 346 g/mol. The second-order valence-electron chi connectivity index (χ2n) is 9.59. The Morgan fingerprint density at radius 3 is 2.57 bits per heavy atom. The molecule has 148 valence electrons. The predicted molar refractivity (Wildman–Crippen MR) is 118 cm³/mol. The molecule has 0 saturated heterocycles. The zero-order valence-electron chi connectivity index (χ0n) is 17.7. The molecule has 2 aromatic rings. The van der Waals surface area contributed by atoms with Crippen LogP contribution in [0.2, 0.25) is 0 Å². The summed E-state index contributed by atoms with van der Waals surface area (Å²) < 4.78 is 7.77. The van der Waals surface area contributed by atoms with E-state index in [4.69, 9.17) is 10.5 Å². The van der Waals surface area contributed by atoms with Crippen LogP contribution >= 0.6 is 0 Å². The minimum Gasteiger partial charge on any atom is -0.463 e. The van der Waals surface area contributed by atoms with Gasteiger partial charge in [0.25, 0.3) is 0 Å². The maximum atomic E-state index is 6.81. The topological polar surface area (TPSA) is 38.5 Å². The fourth-order valence-electron chi connectivity index (χ4n) is 4.61. The molecule has 2 aliphatic rings. The van der Waals surface area contributed by atoms with Gasteiger partial charge in [0.15, 0.2) is 0 Å². The van der Waals surface area contributed by atoms with Gasteiger partial charge in [0, 0.05) is 29.9 Å².